The lowest BCUT2D eigenvalue weighted by Crippen LogP contribution is -2.17. The van der Waals surface area contributed by atoms with E-state index in [1.54, 1.807) is 24.3 Å². The Bertz CT molecular complexity index is 1620. The number of halogens is 3. The second kappa shape index (κ2) is 10.1. The average Bonchev–Trinajstić information content (AvgIpc) is 2.87. The first-order valence-electron chi connectivity index (χ1n) is 11.8. The molecule has 0 unspecified atom stereocenters. The summed E-state index contributed by atoms with van der Waals surface area (Å²) in [5, 5.41) is 0. The van der Waals surface area contributed by atoms with Crippen LogP contribution in [0.2, 0.25) is 0 Å². The van der Waals surface area contributed by atoms with E-state index in [1.807, 2.05) is 13.0 Å². The maximum Gasteiger partial charge on any atom is 0.573 e. The summed E-state index contributed by atoms with van der Waals surface area (Å²) in [5.41, 5.74) is 10.1. The number of nitrogens with zero attached hydrogens (tertiary/aromatic N) is 2. The third-order valence-electron chi connectivity index (χ3n) is 6.02. The number of hydrogen-bond donors (Lipinski definition) is 1. The van der Waals surface area contributed by atoms with Gasteiger partial charge in [-0.25, -0.2) is 4.98 Å². The number of anilines is 1. The van der Waals surface area contributed by atoms with E-state index < -0.39 is 16.5 Å². The maximum absolute atomic E-state index is 12.9. The van der Waals surface area contributed by atoms with E-state index in [4.69, 9.17) is 14.7 Å². The lowest BCUT2D eigenvalue weighted by Gasteiger charge is -2.21. The van der Waals surface area contributed by atoms with Crippen LogP contribution in [0.3, 0.4) is 0 Å². The summed E-state index contributed by atoms with van der Waals surface area (Å²) >= 11 is 0. The largest absolute Gasteiger partial charge is 0.573 e. The van der Waals surface area contributed by atoms with Crippen molar-refractivity contribution in [1.29, 1.82) is 0 Å². The predicted octanol–water partition coefficient (Wildman–Crippen LogP) is 5.38. The first-order valence-corrected chi connectivity index (χ1v) is 13.2. The van der Waals surface area contributed by atoms with Crippen molar-refractivity contribution >= 4 is 16.1 Å². The molecule has 12 heteroatoms. The molecule has 0 bridgehead atoms. The van der Waals surface area contributed by atoms with Crippen LogP contribution in [0.15, 0.2) is 71.6 Å². The Labute approximate surface area is 222 Å². The number of benzene rings is 3. The van der Waals surface area contributed by atoms with Crippen molar-refractivity contribution in [2.45, 2.75) is 37.6 Å². The number of hydrogen-bond acceptors (Lipinski definition) is 8. The van der Waals surface area contributed by atoms with Gasteiger partial charge in [0.25, 0.3) is 0 Å². The molecule has 0 radical (unpaired) electrons. The number of aromatic nitrogens is 2. The van der Waals surface area contributed by atoms with Crippen LogP contribution >= 0.6 is 0 Å². The van der Waals surface area contributed by atoms with Crippen molar-refractivity contribution in [2.24, 2.45) is 0 Å². The molecule has 1 heterocycles. The van der Waals surface area contributed by atoms with Gasteiger partial charge in [-0.2, -0.15) is 13.4 Å². The van der Waals surface area contributed by atoms with Gasteiger partial charge in [0.05, 0.1) is 5.69 Å². The Morgan fingerprint density at radius 2 is 1.62 bits per heavy atom. The molecule has 0 amide bonds. The van der Waals surface area contributed by atoms with Crippen LogP contribution < -0.4 is 19.4 Å². The number of ether oxygens (including phenoxy) is 2. The van der Waals surface area contributed by atoms with Crippen LogP contribution in [0.4, 0.5) is 19.1 Å². The van der Waals surface area contributed by atoms with Crippen LogP contribution in [-0.4, -0.2) is 24.7 Å². The zero-order valence-electron chi connectivity index (χ0n) is 20.5. The number of aryl methyl sites for hydroxylation is 2. The number of nitrogen functional groups attached to an aromatic ring is 1. The molecule has 1 aliphatic carbocycles. The van der Waals surface area contributed by atoms with Crippen LogP contribution in [0.1, 0.15) is 22.3 Å². The maximum atomic E-state index is 12.9. The van der Waals surface area contributed by atoms with E-state index in [0.29, 0.717) is 35.4 Å². The van der Waals surface area contributed by atoms with Gasteiger partial charge in [-0.3, -0.25) is 0 Å². The molecular weight excluding hydrogens is 535 g/mol. The van der Waals surface area contributed by atoms with E-state index in [2.05, 4.69) is 14.7 Å². The fraction of sp³-hybridized carbons (Fsp3) is 0.185. The average molecular weight is 558 g/mol. The molecule has 4 aromatic rings. The van der Waals surface area contributed by atoms with Crippen LogP contribution in [0.25, 0.3) is 11.3 Å². The molecule has 1 aromatic heterocycles. The van der Waals surface area contributed by atoms with Crippen molar-refractivity contribution in [3.05, 3.63) is 89.0 Å². The van der Waals surface area contributed by atoms with E-state index in [1.165, 1.54) is 36.4 Å². The van der Waals surface area contributed by atoms with Crippen LogP contribution in [-0.2, 0) is 29.6 Å². The van der Waals surface area contributed by atoms with E-state index in [-0.39, 0.29) is 29.1 Å². The lowest BCUT2D eigenvalue weighted by molar-refractivity contribution is -0.274. The molecular formula is C27H22F3N3O5S. The summed E-state index contributed by atoms with van der Waals surface area (Å²) in [4.78, 5) is 8.41. The second-order valence-electron chi connectivity index (χ2n) is 8.86. The molecule has 1 aliphatic rings. The number of nitrogens with two attached hydrogens (primary N) is 1. The summed E-state index contributed by atoms with van der Waals surface area (Å²) < 4.78 is 77.9. The van der Waals surface area contributed by atoms with Crippen LogP contribution in [0.5, 0.6) is 17.4 Å². The smallest absolute Gasteiger partial charge is 0.489 e. The van der Waals surface area contributed by atoms with Crippen molar-refractivity contribution in [3.63, 3.8) is 0 Å². The summed E-state index contributed by atoms with van der Waals surface area (Å²) in [7, 11) is -4.14. The zero-order chi connectivity index (χ0) is 27.8. The van der Waals surface area contributed by atoms with Gasteiger partial charge in [-0.15, -0.1) is 13.2 Å². The molecule has 202 valence electrons. The van der Waals surface area contributed by atoms with E-state index in [9.17, 15) is 21.6 Å². The van der Waals surface area contributed by atoms with Gasteiger partial charge < -0.3 is 19.4 Å². The highest BCUT2D eigenvalue weighted by Gasteiger charge is 2.31. The van der Waals surface area contributed by atoms with Gasteiger partial charge in [0.2, 0.25) is 11.8 Å². The highest BCUT2D eigenvalue weighted by atomic mass is 32.2. The number of rotatable bonds is 7. The molecule has 0 atom stereocenters. The van der Waals surface area contributed by atoms with Gasteiger partial charge in [-0.1, -0.05) is 29.8 Å². The molecule has 0 fully saturated rings. The highest BCUT2D eigenvalue weighted by Crippen LogP contribution is 2.39. The minimum atomic E-state index is -4.75. The van der Waals surface area contributed by atoms with Crippen molar-refractivity contribution in [2.75, 3.05) is 5.73 Å². The summed E-state index contributed by atoms with van der Waals surface area (Å²) in [5.74, 6) is -0.000718. The molecule has 5 rings (SSSR count). The monoisotopic (exact) mass is 557 g/mol. The molecule has 0 aliphatic heterocycles. The first-order chi connectivity index (χ1) is 18.5. The van der Waals surface area contributed by atoms with Gasteiger partial charge in [0.1, 0.15) is 23.0 Å². The van der Waals surface area contributed by atoms with Gasteiger partial charge in [0, 0.05) is 11.1 Å². The fourth-order valence-electron chi connectivity index (χ4n) is 4.17. The predicted molar refractivity (Wildman–Crippen MR) is 136 cm³/mol. The molecule has 0 saturated heterocycles. The standard InChI is InChI=1S/C27H22F3N3O5S/c1-16-2-10-21(11-3-16)39(34,35)38-25-23-12-6-18-14-20(9-13-22(18)24(23)32-26(31)33-25)36-15-17-4-7-19(8-5-17)37-27(28,29)30/h2-5,7-11,13-14H,6,12,15H2,1H3,(H2,31,32,33). The minimum Gasteiger partial charge on any atom is -0.489 e. The summed E-state index contributed by atoms with van der Waals surface area (Å²) in [6.45, 7) is 1.98. The van der Waals surface area contributed by atoms with E-state index in [0.717, 1.165) is 16.7 Å². The normalized spacial score (nSPS) is 12.8. The Balaban J connectivity index is 1.34. The Morgan fingerprint density at radius 3 is 2.31 bits per heavy atom. The van der Waals surface area contributed by atoms with Crippen LogP contribution in [0, 0.1) is 6.92 Å². The van der Waals surface area contributed by atoms with Gasteiger partial charge in [-0.05, 0) is 73.4 Å². The molecule has 0 saturated carbocycles. The Hall–Kier alpha value is -4.32. The van der Waals surface area contributed by atoms with Crippen molar-refractivity contribution in [3.8, 4) is 28.6 Å². The van der Waals surface area contributed by atoms with Crippen molar-refractivity contribution in [1.82, 2.24) is 9.97 Å². The molecule has 0 spiro atoms. The third kappa shape index (κ3) is 6.06. The first kappa shape index (κ1) is 26.3. The number of alkyl halides is 3. The molecule has 8 nitrogen and oxygen atoms in total. The lowest BCUT2D eigenvalue weighted by atomic mass is 9.89. The van der Waals surface area contributed by atoms with Gasteiger partial charge in [0.15, 0.2) is 0 Å². The van der Waals surface area contributed by atoms with E-state index >= 15 is 0 Å². The topological polar surface area (TPSA) is 114 Å². The second-order valence-corrected chi connectivity index (χ2v) is 10.4. The molecule has 39 heavy (non-hydrogen) atoms. The SMILES string of the molecule is Cc1ccc(S(=O)(=O)Oc2nc(N)nc3c2CCc2cc(OCc4ccc(OC(F)(F)F)cc4)ccc2-3)cc1. The summed E-state index contributed by atoms with van der Waals surface area (Å²) in [6, 6.07) is 17.0. The third-order valence-corrected chi connectivity index (χ3v) is 7.25. The minimum absolute atomic E-state index is 0.000415. The quantitative estimate of drug-likeness (QED) is 0.302. The Morgan fingerprint density at radius 1 is 0.923 bits per heavy atom. The molecule has 2 N–H and O–H groups in total. The Kier molecular flexibility index (Phi) is 6.81. The summed E-state index contributed by atoms with van der Waals surface area (Å²) in [6.07, 6.45) is -3.81. The zero-order valence-corrected chi connectivity index (χ0v) is 21.3. The van der Waals surface area contributed by atoms with Crippen molar-refractivity contribution < 1.29 is 35.2 Å². The molecule has 3 aromatic carbocycles. The number of fused-ring (bicyclic) bond motifs is 3. The van der Waals surface area contributed by atoms with Gasteiger partial charge >= 0.3 is 16.5 Å². The highest BCUT2D eigenvalue weighted by molar-refractivity contribution is 7.87. The fourth-order valence-corrected chi connectivity index (χ4v) is 5.08.